The molecule has 0 saturated heterocycles. The quantitative estimate of drug-likeness (QED) is 0.746. The van der Waals surface area contributed by atoms with E-state index in [1.807, 2.05) is 18.5 Å². The summed E-state index contributed by atoms with van der Waals surface area (Å²) >= 11 is 0. The van der Waals surface area contributed by atoms with E-state index in [-0.39, 0.29) is 5.54 Å². The van der Waals surface area contributed by atoms with Crippen LogP contribution in [0.1, 0.15) is 31.2 Å². The number of pyridine rings is 1. The van der Waals surface area contributed by atoms with Crippen molar-refractivity contribution in [3.05, 3.63) is 30.1 Å². The maximum absolute atomic E-state index is 4.18. The zero-order chi connectivity index (χ0) is 9.15. The van der Waals surface area contributed by atoms with E-state index in [4.69, 9.17) is 0 Å². The molecule has 0 spiro atoms. The van der Waals surface area contributed by atoms with E-state index in [1.54, 1.807) is 0 Å². The van der Waals surface area contributed by atoms with Crippen LogP contribution in [-0.4, -0.2) is 12.0 Å². The Kier molecular flexibility index (Phi) is 2.32. The fourth-order valence-corrected chi connectivity index (χ4v) is 2.31. The Hall–Kier alpha value is -0.890. The Morgan fingerprint density at radius 3 is 2.69 bits per heavy atom. The first-order valence-electron chi connectivity index (χ1n) is 4.97. The average molecular weight is 176 g/mol. The first kappa shape index (κ1) is 8.70. The van der Waals surface area contributed by atoms with E-state index in [2.05, 4.69) is 23.4 Å². The van der Waals surface area contributed by atoms with Gasteiger partial charge in [-0.3, -0.25) is 4.98 Å². The fourth-order valence-electron chi connectivity index (χ4n) is 2.31. The third-order valence-corrected chi connectivity index (χ3v) is 3.15. The van der Waals surface area contributed by atoms with Crippen molar-refractivity contribution < 1.29 is 0 Å². The molecule has 0 unspecified atom stereocenters. The molecular weight excluding hydrogens is 160 g/mol. The van der Waals surface area contributed by atoms with Gasteiger partial charge in [-0.1, -0.05) is 18.9 Å². The summed E-state index contributed by atoms with van der Waals surface area (Å²) in [5.74, 6) is 0. The first-order chi connectivity index (χ1) is 6.37. The van der Waals surface area contributed by atoms with Gasteiger partial charge in [0.05, 0.1) is 0 Å². The summed E-state index contributed by atoms with van der Waals surface area (Å²) in [5, 5.41) is 3.45. The van der Waals surface area contributed by atoms with Crippen LogP contribution in [0, 0.1) is 0 Å². The molecule has 0 aliphatic heterocycles. The second-order valence-electron chi connectivity index (χ2n) is 3.78. The van der Waals surface area contributed by atoms with Gasteiger partial charge in [-0.05, 0) is 31.5 Å². The molecule has 1 N–H and O–H groups in total. The average Bonchev–Trinajstić information content (AvgIpc) is 2.69. The minimum Gasteiger partial charge on any atom is -0.310 e. The van der Waals surface area contributed by atoms with Crippen LogP contribution >= 0.6 is 0 Å². The molecule has 0 atom stereocenters. The Morgan fingerprint density at radius 2 is 2.15 bits per heavy atom. The predicted octanol–water partition coefficient (Wildman–Crippen LogP) is 2.07. The lowest BCUT2D eigenvalue weighted by Crippen LogP contribution is -2.36. The summed E-state index contributed by atoms with van der Waals surface area (Å²) in [7, 11) is 2.05. The largest absolute Gasteiger partial charge is 0.310 e. The van der Waals surface area contributed by atoms with Gasteiger partial charge in [-0.15, -0.1) is 0 Å². The van der Waals surface area contributed by atoms with Crippen LogP contribution in [0.15, 0.2) is 24.5 Å². The maximum Gasteiger partial charge on any atom is 0.0447 e. The number of nitrogens with one attached hydrogen (secondary N) is 1. The number of rotatable bonds is 2. The highest BCUT2D eigenvalue weighted by Gasteiger charge is 2.33. The van der Waals surface area contributed by atoms with E-state index in [0.29, 0.717) is 0 Å². The van der Waals surface area contributed by atoms with Gasteiger partial charge < -0.3 is 5.32 Å². The molecule has 2 heteroatoms. The van der Waals surface area contributed by atoms with Crippen molar-refractivity contribution >= 4 is 0 Å². The van der Waals surface area contributed by atoms with Gasteiger partial charge >= 0.3 is 0 Å². The lowest BCUT2D eigenvalue weighted by molar-refractivity contribution is 0.371. The van der Waals surface area contributed by atoms with Crippen molar-refractivity contribution in [2.24, 2.45) is 0 Å². The van der Waals surface area contributed by atoms with Crippen molar-refractivity contribution in [3.8, 4) is 0 Å². The van der Waals surface area contributed by atoms with Crippen molar-refractivity contribution in [3.63, 3.8) is 0 Å². The zero-order valence-corrected chi connectivity index (χ0v) is 8.09. The number of nitrogens with zero attached hydrogens (tertiary/aromatic N) is 1. The van der Waals surface area contributed by atoms with Crippen LogP contribution in [0.2, 0.25) is 0 Å². The van der Waals surface area contributed by atoms with Gasteiger partial charge in [0.15, 0.2) is 0 Å². The van der Waals surface area contributed by atoms with E-state index < -0.39 is 0 Å². The topological polar surface area (TPSA) is 24.9 Å². The summed E-state index contributed by atoms with van der Waals surface area (Å²) in [6.45, 7) is 0. The van der Waals surface area contributed by atoms with Crippen molar-refractivity contribution in [2.45, 2.75) is 31.2 Å². The normalized spacial score (nSPS) is 20.4. The molecule has 2 rings (SSSR count). The monoisotopic (exact) mass is 176 g/mol. The van der Waals surface area contributed by atoms with Crippen LogP contribution in [0.3, 0.4) is 0 Å². The van der Waals surface area contributed by atoms with Crippen LogP contribution in [0.25, 0.3) is 0 Å². The Balaban J connectivity index is 2.31. The summed E-state index contributed by atoms with van der Waals surface area (Å²) in [6, 6.07) is 4.20. The van der Waals surface area contributed by atoms with Crippen LogP contribution in [0.5, 0.6) is 0 Å². The third kappa shape index (κ3) is 1.46. The summed E-state index contributed by atoms with van der Waals surface area (Å²) in [6.07, 6.45) is 8.97. The lowest BCUT2D eigenvalue weighted by Gasteiger charge is -2.28. The van der Waals surface area contributed by atoms with Crippen LogP contribution in [0.4, 0.5) is 0 Å². The summed E-state index contributed by atoms with van der Waals surface area (Å²) in [4.78, 5) is 4.18. The van der Waals surface area contributed by atoms with Crippen molar-refractivity contribution in [1.82, 2.24) is 10.3 Å². The molecular formula is C11H16N2. The van der Waals surface area contributed by atoms with Crippen molar-refractivity contribution in [2.75, 3.05) is 7.05 Å². The molecule has 0 amide bonds. The molecule has 1 aromatic rings. The van der Waals surface area contributed by atoms with Crippen molar-refractivity contribution in [1.29, 1.82) is 0 Å². The molecule has 70 valence electrons. The molecule has 13 heavy (non-hydrogen) atoms. The Labute approximate surface area is 79.4 Å². The first-order valence-corrected chi connectivity index (χ1v) is 4.97. The maximum atomic E-state index is 4.18. The van der Waals surface area contributed by atoms with Gasteiger partial charge in [-0.25, -0.2) is 0 Å². The summed E-state index contributed by atoms with van der Waals surface area (Å²) < 4.78 is 0. The minimum atomic E-state index is 0.217. The molecule has 2 nitrogen and oxygen atoms in total. The molecule has 1 saturated carbocycles. The van der Waals surface area contributed by atoms with Gasteiger partial charge in [0.1, 0.15) is 0 Å². The van der Waals surface area contributed by atoms with Crippen LogP contribution in [-0.2, 0) is 5.54 Å². The Morgan fingerprint density at radius 1 is 1.38 bits per heavy atom. The number of hydrogen-bond donors (Lipinski definition) is 1. The van der Waals surface area contributed by atoms with Gasteiger partial charge in [0.25, 0.3) is 0 Å². The lowest BCUT2D eigenvalue weighted by atomic mass is 9.90. The molecule has 1 aliphatic rings. The predicted molar refractivity (Wildman–Crippen MR) is 53.4 cm³/mol. The van der Waals surface area contributed by atoms with E-state index >= 15 is 0 Å². The number of hydrogen-bond acceptors (Lipinski definition) is 2. The highest BCUT2D eigenvalue weighted by atomic mass is 14.9. The molecule has 1 aromatic heterocycles. The summed E-state index contributed by atoms with van der Waals surface area (Å²) in [5.41, 5.74) is 1.56. The van der Waals surface area contributed by atoms with E-state index in [1.165, 1.54) is 31.2 Å². The molecule has 0 aromatic carbocycles. The van der Waals surface area contributed by atoms with Gasteiger partial charge in [0.2, 0.25) is 0 Å². The van der Waals surface area contributed by atoms with E-state index in [0.717, 1.165) is 0 Å². The zero-order valence-electron chi connectivity index (χ0n) is 8.09. The minimum absolute atomic E-state index is 0.217. The molecule has 1 heterocycles. The highest BCUT2D eigenvalue weighted by Crippen LogP contribution is 2.37. The molecule has 0 radical (unpaired) electrons. The third-order valence-electron chi connectivity index (χ3n) is 3.15. The smallest absolute Gasteiger partial charge is 0.0447 e. The fraction of sp³-hybridized carbons (Fsp3) is 0.545. The molecule has 1 aliphatic carbocycles. The van der Waals surface area contributed by atoms with E-state index in [9.17, 15) is 0 Å². The van der Waals surface area contributed by atoms with Crippen LogP contribution < -0.4 is 5.32 Å². The van der Waals surface area contributed by atoms with Gasteiger partial charge in [0, 0.05) is 17.9 Å². The Bertz CT molecular complexity index is 263. The molecule has 0 bridgehead atoms. The second kappa shape index (κ2) is 3.46. The second-order valence-corrected chi connectivity index (χ2v) is 3.78. The SMILES string of the molecule is CNC1(c2cccnc2)CCCC1. The standard InChI is InChI=1S/C11H16N2/c1-12-11(6-2-3-7-11)10-5-4-8-13-9-10/h4-5,8-9,12H,2-3,6-7H2,1H3. The van der Waals surface area contributed by atoms with Gasteiger partial charge in [-0.2, -0.15) is 0 Å². The number of aromatic nitrogens is 1. The molecule has 1 fully saturated rings. The highest BCUT2D eigenvalue weighted by molar-refractivity contribution is 5.21.